The first-order chi connectivity index (χ1) is 16.2. The van der Waals surface area contributed by atoms with Crippen LogP contribution in [0.3, 0.4) is 0 Å². The molecule has 2 unspecified atom stereocenters. The number of nitrogens with one attached hydrogen (secondary N) is 1. The summed E-state index contributed by atoms with van der Waals surface area (Å²) in [4.78, 5) is 13.8. The molecule has 2 atom stereocenters. The Labute approximate surface area is 201 Å². The van der Waals surface area contributed by atoms with Gasteiger partial charge in [-0.3, -0.25) is 4.79 Å². The third-order valence-corrected chi connectivity index (χ3v) is 7.23. The summed E-state index contributed by atoms with van der Waals surface area (Å²) >= 11 is 0. The van der Waals surface area contributed by atoms with E-state index in [1.807, 2.05) is 0 Å². The molecule has 1 N–H and O–H groups in total. The van der Waals surface area contributed by atoms with E-state index in [4.69, 9.17) is 0 Å². The van der Waals surface area contributed by atoms with Crippen LogP contribution in [0, 0.1) is 0 Å². The minimum Gasteiger partial charge on any atom is -0.375 e. The summed E-state index contributed by atoms with van der Waals surface area (Å²) in [6, 6.07) is 17.9. The highest BCUT2D eigenvalue weighted by atomic mass is 16.1. The summed E-state index contributed by atoms with van der Waals surface area (Å²) in [5, 5.41) is 3.12. The van der Waals surface area contributed by atoms with Crippen molar-refractivity contribution in [1.82, 2.24) is 10.2 Å². The molecule has 0 bridgehead atoms. The molecule has 0 spiro atoms. The van der Waals surface area contributed by atoms with Crippen molar-refractivity contribution >= 4 is 6.41 Å². The SMILES string of the molecule is C=C(CCc1ccccc1)N1CCC(NC=O)C(c2ccc(CC)c(CCCCCC)c2)C1. The standard InChI is InChI=1S/C30H42N2O/c1-4-6-7-11-14-27-21-28(18-17-26(27)5-2)29-22-32(20-19-30(29)31-23-33)24(3)15-16-25-12-9-8-10-13-25/h8-10,12-13,17-18,21,23,29-30H,3-7,11,14-16,19-20,22H2,1-2H3,(H,31,33). The average Bonchev–Trinajstić information content (AvgIpc) is 2.86. The Morgan fingerprint density at radius 3 is 2.61 bits per heavy atom. The summed E-state index contributed by atoms with van der Waals surface area (Å²) in [5.74, 6) is 0.290. The summed E-state index contributed by atoms with van der Waals surface area (Å²) < 4.78 is 0. The van der Waals surface area contributed by atoms with E-state index in [1.54, 1.807) is 0 Å². The monoisotopic (exact) mass is 446 g/mol. The number of allylic oxidation sites excluding steroid dienone is 1. The molecule has 1 saturated heterocycles. The topological polar surface area (TPSA) is 32.3 Å². The molecule has 0 saturated carbocycles. The summed E-state index contributed by atoms with van der Waals surface area (Å²) in [5.41, 5.74) is 6.89. The van der Waals surface area contributed by atoms with Gasteiger partial charge in [0.05, 0.1) is 0 Å². The molecular weight excluding hydrogens is 404 g/mol. The summed E-state index contributed by atoms with van der Waals surface area (Å²) in [7, 11) is 0. The number of likely N-dealkylation sites (tertiary alicyclic amines) is 1. The highest BCUT2D eigenvalue weighted by Crippen LogP contribution is 2.31. The van der Waals surface area contributed by atoms with Crippen molar-refractivity contribution in [3.8, 4) is 0 Å². The summed E-state index contributed by atoms with van der Waals surface area (Å²) in [6.07, 6.45) is 11.2. The second kappa shape index (κ2) is 13.2. The van der Waals surface area contributed by atoms with Crippen molar-refractivity contribution < 1.29 is 4.79 Å². The third kappa shape index (κ3) is 7.22. The Morgan fingerprint density at radius 2 is 1.88 bits per heavy atom. The van der Waals surface area contributed by atoms with E-state index in [-0.39, 0.29) is 12.0 Å². The maximum Gasteiger partial charge on any atom is 0.207 e. The van der Waals surface area contributed by atoms with Crippen LogP contribution < -0.4 is 5.32 Å². The first-order valence-electron chi connectivity index (χ1n) is 12.9. The molecule has 0 aliphatic carbocycles. The van der Waals surface area contributed by atoms with Crippen LogP contribution >= 0.6 is 0 Å². The van der Waals surface area contributed by atoms with E-state index in [9.17, 15) is 4.79 Å². The van der Waals surface area contributed by atoms with Crippen LogP contribution in [-0.2, 0) is 24.1 Å². The molecule has 1 aliphatic rings. The number of piperidine rings is 1. The zero-order valence-corrected chi connectivity index (χ0v) is 20.7. The normalized spacial score (nSPS) is 18.2. The molecule has 1 amide bonds. The van der Waals surface area contributed by atoms with E-state index in [2.05, 4.69) is 79.2 Å². The van der Waals surface area contributed by atoms with Crippen LogP contribution in [0.2, 0.25) is 0 Å². The van der Waals surface area contributed by atoms with Crippen LogP contribution in [0.5, 0.6) is 0 Å². The van der Waals surface area contributed by atoms with Crippen LogP contribution in [0.15, 0.2) is 60.8 Å². The molecule has 3 nitrogen and oxygen atoms in total. The maximum atomic E-state index is 11.4. The molecule has 2 aromatic carbocycles. The number of benzene rings is 2. The lowest BCUT2D eigenvalue weighted by Gasteiger charge is -2.41. The number of rotatable bonds is 13. The van der Waals surface area contributed by atoms with Gasteiger partial charge in [0, 0.05) is 30.7 Å². The number of hydrogen-bond donors (Lipinski definition) is 1. The lowest BCUT2D eigenvalue weighted by Crippen LogP contribution is -2.47. The Morgan fingerprint density at radius 1 is 1.06 bits per heavy atom. The van der Waals surface area contributed by atoms with Crippen molar-refractivity contribution in [2.45, 2.75) is 83.6 Å². The van der Waals surface area contributed by atoms with Crippen molar-refractivity contribution in [2.75, 3.05) is 13.1 Å². The zero-order chi connectivity index (χ0) is 23.5. The quantitative estimate of drug-likeness (QED) is 0.284. The van der Waals surface area contributed by atoms with Gasteiger partial charge in [0.1, 0.15) is 0 Å². The Kier molecular flexibility index (Phi) is 10.1. The van der Waals surface area contributed by atoms with Gasteiger partial charge in [0.25, 0.3) is 0 Å². The predicted octanol–water partition coefficient (Wildman–Crippen LogP) is 6.42. The second-order valence-corrected chi connectivity index (χ2v) is 9.48. The Hall–Kier alpha value is -2.55. The van der Waals surface area contributed by atoms with Crippen LogP contribution in [0.4, 0.5) is 0 Å². The molecule has 0 radical (unpaired) electrons. The minimum absolute atomic E-state index is 0.182. The van der Waals surface area contributed by atoms with Gasteiger partial charge in [-0.2, -0.15) is 0 Å². The maximum absolute atomic E-state index is 11.4. The van der Waals surface area contributed by atoms with Crippen molar-refractivity contribution in [3.05, 3.63) is 83.1 Å². The zero-order valence-electron chi connectivity index (χ0n) is 20.7. The van der Waals surface area contributed by atoms with Crippen LogP contribution in [-0.4, -0.2) is 30.4 Å². The van der Waals surface area contributed by atoms with Crippen molar-refractivity contribution in [2.24, 2.45) is 0 Å². The number of carbonyl (C=O) groups excluding carboxylic acids is 1. The summed E-state index contributed by atoms with van der Waals surface area (Å²) in [6.45, 7) is 10.8. The van der Waals surface area contributed by atoms with Gasteiger partial charge in [-0.1, -0.05) is 88.2 Å². The van der Waals surface area contributed by atoms with E-state index in [0.29, 0.717) is 0 Å². The minimum atomic E-state index is 0.182. The predicted molar refractivity (Wildman–Crippen MR) is 139 cm³/mol. The Balaban J connectivity index is 1.72. The molecule has 178 valence electrons. The Bertz CT molecular complexity index is 876. The van der Waals surface area contributed by atoms with Gasteiger partial charge in [-0.25, -0.2) is 0 Å². The van der Waals surface area contributed by atoms with E-state index < -0.39 is 0 Å². The molecule has 3 rings (SSSR count). The molecule has 3 heteroatoms. The fourth-order valence-corrected chi connectivity index (χ4v) is 5.15. The third-order valence-electron chi connectivity index (χ3n) is 7.23. The highest BCUT2D eigenvalue weighted by molar-refractivity contribution is 5.48. The largest absolute Gasteiger partial charge is 0.375 e. The number of aryl methyl sites for hydroxylation is 3. The second-order valence-electron chi connectivity index (χ2n) is 9.48. The van der Waals surface area contributed by atoms with Crippen LogP contribution in [0.1, 0.15) is 80.5 Å². The first kappa shape index (κ1) is 25.1. The number of nitrogens with zero attached hydrogens (tertiary/aromatic N) is 1. The fourth-order valence-electron chi connectivity index (χ4n) is 5.15. The highest BCUT2D eigenvalue weighted by Gasteiger charge is 2.31. The van der Waals surface area contributed by atoms with Gasteiger partial charge < -0.3 is 10.2 Å². The van der Waals surface area contributed by atoms with Crippen molar-refractivity contribution in [3.63, 3.8) is 0 Å². The molecule has 2 aromatic rings. The molecule has 0 aromatic heterocycles. The number of hydrogen-bond acceptors (Lipinski definition) is 2. The van der Waals surface area contributed by atoms with E-state index in [1.165, 1.54) is 53.6 Å². The lowest BCUT2D eigenvalue weighted by atomic mass is 9.83. The smallest absolute Gasteiger partial charge is 0.207 e. The van der Waals surface area contributed by atoms with Crippen molar-refractivity contribution in [1.29, 1.82) is 0 Å². The number of amides is 1. The molecule has 1 aliphatic heterocycles. The first-order valence-corrected chi connectivity index (χ1v) is 12.9. The van der Waals surface area contributed by atoms with Gasteiger partial charge in [0.2, 0.25) is 6.41 Å². The van der Waals surface area contributed by atoms with E-state index in [0.717, 1.165) is 51.6 Å². The van der Waals surface area contributed by atoms with Gasteiger partial charge in [-0.05, 0) is 60.8 Å². The fraction of sp³-hybridized carbons (Fsp3) is 0.500. The van der Waals surface area contributed by atoms with Crippen LogP contribution in [0.25, 0.3) is 0 Å². The molecule has 1 heterocycles. The molecular formula is C30H42N2O. The van der Waals surface area contributed by atoms with E-state index >= 15 is 0 Å². The van der Waals surface area contributed by atoms with Gasteiger partial charge in [0.15, 0.2) is 0 Å². The molecule has 1 fully saturated rings. The number of unbranched alkanes of at least 4 members (excludes halogenated alkanes) is 3. The van der Waals surface area contributed by atoms with Gasteiger partial charge >= 0.3 is 0 Å². The average molecular weight is 447 g/mol. The number of carbonyl (C=O) groups is 1. The molecule has 33 heavy (non-hydrogen) atoms. The van der Waals surface area contributed by atoms with Gasteiger partial charge in [-0.15, -0.1) is 0 Å². The lowest BCUT2D eigenvalue weighted by molar-refractivity contribution is -0.110.